The largest absolute Gasteiger partial charge is 0.455 e. The number of aliphatic hydroxyl groups is 1. The van der Waals surface area contributed by atoms with E-state index in [2.05, 4.69) is 28.8 Å². The zero-order chi connectivity index (χ0) is 40.8. The van der Waals surface area contributed by atoms with E-state index in [1.165, 1.54) is 12.0 Å². The monoisotopic (exact) mass is 790 g/mol. The SMILES string of the molecule is C=CCCC(=O)N[C@@H](COC)[C@@H](OC(=O)[C@@H]1[C@H]2C(=O)N([C@@H](CO)Cc3ccccc3)[C@H](C(=O)N(CC=C)Cn3nnc4ccccc43)[C@]23CC[C@H]1O3)c1ccccc1. The van der Waals surface area contributed by atoms with Gasteiger partial charge in [-0.1, -0.05) is 90.2 Å². The highest BCUT2D eigenvalue weighted by atomic mass is 16.6. The van der Waals surface area contributed by atoms with E-state index in [9.17, 15) is 14.7 Å². The Morgan fingerprint density at radius 2 is 1.78 bits per heavy atom. The highest BCUT2D eigenvalue weighted by Crippen LogP contribution is 2.59. The third kappa shape index (κ3) is 7.79. The third-order valence-electron chi connectivity index (χ3n) is 11.6. The first kappa shape index (κ1) is 40.5. The van der Waals surface area contributed by atoms with Crippen LogP contribution in [0.5, 0.6) is 0 Å². The number of likely N-dealkylation sites (tertiary alicyclic amines) is 1. The zero-order valence-corrected chi connectivity index (χ0v) is 32.6. The van der Waals surface area contributed by atoms with Gasteiger partial charge in [0.05, 0.1) is 48.8 Å². The number of ether oxygens (including phenoxy) is 3. The number of hydrogen-bond donors (Lipinski definition) is 2. The molecule has 0 radical (unpaired) electrons. The maximum Gasteiger partial charge on any atom is 0.313 e. The molecule has 3 aromatic carbocycles. The maximum absolute atomic E-state index is 15.2. The minimum Gasteiger partial charge on any atom is -0.455 e. The van der Waals surface area contributed by atoms with Crippen LogP contribution < -0.4 is 5.32 Å². The molecule has 3 saturated heterocycles. The Balaban J connectivity index is 1.25. The minimum atomic E-state index is -1.40. The number of methoxy groups -OCH3 is 1. The van der Waals surface area contributed by atoms with Gasteiger partial charge in [-0.2, -0.15) is 0 Å². The molecular weight excluding hydrogens is 741 g/mol. The predicted octanol–water partition coefficient (Wildman–Crippen LogP) is 3.76. The number of aromatic nitrogens is 3. The summed E-state index contributed by atoms with van der Waals surface area (Å²) in [6.45, 7) is 7.32. The van der Waals surface area contributed by atoms with E-state index in [0.29, 0.717) is 30.3 Å². The quantitative estimate of drug-likeness (QED) is 0.106. The van der Waals surface area contributed by atoms with E-state index in [4.69, 9.17) is 14.2 Å². The van der Waals surface area contributed by atoms with Crippen molar-refractivity contribution in [2.24, 2.45) is 11.8 Å². The number of nitrogens with zero attached hydrogens (tertiary/aromatic N) is 5. The number of nitrogens with one attached hydrogen (secondary N) is 1. The normalized spacial score (nSPS) is 23.6. The molecule has 2 bridgehead atoms. The molecule has 0 saturated carbocycles. The lowest BCUT2D eigenvalue weighted by atomic mass is 9.70. The lowest BCUT2D eigenvalue weighted by Gasteiger charge is -2.39. The summed E-state index contributed by atoms with van der Waals surface area (Å²) >= 11 is 0. The highest BCUT2D eigenvalue weighted by molar-refractivity contribution is 5.98. The van der Waals surface area contributed by atoms with Gasteiger partial charge in [-0.15, -0.1) is 18.3 Å². The van der Waals surface area contributed by atoms with Gasteiger partial charge in [0.2, 0.25) is 17.7 Å². The highest BCUT2D eigenvalue weighted by Gasteiger charge is 2.75. The molecular formula is C44H50N6O8. The van der Waals surface area contributed by atoms with Crippen molar-refractivity contribution < 1.29 is 38.5 Å². The summed E-state index contributed by atoms with van der Waals surface area (Å²) in [6.07, 6.45) is 3.19. The number of para-hydroxylation sites is 1. The van der Waals surface area contributed by atoms with Gasteiger partial charge in [0.15, 0.2) is 0 Å². The number of carbonyl (C=O) groups is 4. The third-order valence-corrected chi connectivity index (χ3v) is 11.6. The molecule has 8 atom stereocenters. The van der Waals surface area contributed by atoms with E-state index < -0.39 is 72.2 Å². The van der Waals surface area contributed by atoms with Crippen molar-refractivity contribution in [3.63, 3.8) is 0 Å². The smallest absolute Gasteiger partial charge is 0.313 e. The van der Waals surface area contributed by atoms with Crippen molar-refractivity contribution in [3.05, 3.63) is 121 Å². The molecule has 3 aliphatic rings. The fraction of sp³-hybridized carbons (Fsp3) is 0.409. The van der Waals surface area contributed by atoms with Crippen molar-refractivity contribution in [2.75, 3.05) is 26.9 Å². The van der Waals surface area contributed by atoms with E-state index in [-0.39, 0.29) is 38.6 Å². The first-order chi connectivity index (χ1) is 28.2. The predicted molar refractivity (Wildman–Crippen MR) is 213 cm³/mol. The molecule has 1 aromatic heterocycles. The molecule has 14 heteroatoms. The van der Waals surface area contributed by atoms with Crippen molar-refractivity contribution in [1.82, 2.24) is 30.1 Å². The molecule has 304 valence electrons. The molecule has 58 heavy (non-hydrogen) atoms. The topological polar surface area (TPSA) is 165 Å². The molecule has 1 spiro atoms. The van der Waals surface area contributed by atoms with Gasteiger partial charge < -0.3 is 34.4 Å². The first-order valence-corrected chi connectivity index (χ1v) is 19.7. The molecule has 3 fully saturated rings. The first-order valence-electron chi connectivity index (χ1n) is 19.7. The summed E-state index contributed by atoms with van der Waals surface area (Å²) in [7, 11) is 1.50. The van der Waals surface area contributed by atoms with Gasteiger partial charge >= 0.3 is 5.97 Å². The van der Waals surface area contributed by atoms with E-state index in [1.807, 2.05) is 72.8 Å². The second-order valence-electron chi connectivity index (χ2n) is 15.1. The van der Waals surface area contributed by atoms with Crippen LogP contribution in [0.4, 0.5) is 0 Å². The minimum absolute atomic E-state index is 0.000181. The van der Waals surface area contributed by atoms with Crippen LogP contribution >= 0.6 is 0 Å². The molecule has 7 rings (SSSR count). The fourth-order valence-electron chi connectivity index (χ4n) is 9.02. The van der Waals surface area contributed by atoms with E-state index in [1.54, 1.807) is 33.9 Å². The van der Waals surface area contributed by atoms with Gasteiger partial charge in [-0.05, 0) is 48.9 Å². The van der Waals surface area contributed by atoms with Crippen LogP contribution in [0.2, 0.25) is 0 Å². The molecule has 4 aromatic rings. The Labute approximate surface area is 337 Å². The molecule has 14 nitrogen and oxygen atoms in total. The number of hydrogen-bond acceptors (Lipinski definition) is 10. The summed E-state index contributed by atoms with van der Waals surface area (Å²) in [5, 5.41) is 22.5. The van der Waals surface area contributed by atoms with Crippen LogP contribution in [0.3, 0.4) is 0 Å². The van der Waals surface area contributed by atoms with Crippen molar-refractivity contribution >= 4 is 34.7 Å². The lowest BCUT2D eigenvalue weighted by molar-refractivity contribution is -0.163. The second-order valence-corrected chi connectivity index (χ2v) is 15.1. The van der Waals surface area contributed by atoms with Crippen LogP contribution in [0.15, 0.2) is 110 Å². The maximum atomic E-state index is 15.2. The molecule has 0 aliphatic carbocycles. The summed E-state index contributed by atoms with van der Waals surface area (Å²) in [6, 6.07) is 23.1. The lowest BCUT2D eigenvalue weighted by Crippen LogP contribution is -2.59. The average Bonchev–Trinajstić information content (AvgIpc) is 4.00. The van der Waals surface area contributed by atoms with Gasteiger partial charge in [0.1, 0.15) is 29.9 Å². The number of esters is 1. The number of fused-ring (bicyclic) bond motifs is 2. The number of benzene rings is 3. The zero-order valence-electron chi connectivity index (χ0n) is 32.6. The number of carbonyl (C=O) groups excluding carboxylic acids is 4. The summed E-state index contributed by atoms with van der Waals surface area (Å²) in [5.74, 6) is -4.01. The van der Waals surface area contributed by atoms with Gasteiger partial charge in [0.25, 0.3) is 0 Å². The summed E-state index contributed by atoms with van der Waals surface area (Å²) < 4.78 is 20.3. The molecule has 4 heterocycles. The second kappa shape index (κ2) is 17.8. The number of amides is 3. The molecule has 2 N–H and O–H groups in total. The van der Waals surface area contributed by atoms with Gasteiger partial charge in [0, 0.05) is 20.1 Å². The van der Waals surface area contributed by atoms with Crippen molar-refractivity contribution in [2.45, 2.75) is 74.7 Å². The van der Waals surface area contributed by atoms with Crippen LogP contribution in [0.25, 0.3) is 11.0 Å². The number of aliphatic hydroxyl groups excluding tert-OH is 1. The van der Waals surface area contributed by atoms with Crippen LogP contribution in [-0.4, -0.2) is 110 Å². The Kier molecular flexibility index (Phi) is 12.5. The Hall–Kier alpha value is -5.70. The summed E-state index contributed by atoms with van der Waals surface area (Å²) in [4.78, 5) is 61.1. The van der Waals surface area contributed by atoms with Crippen LogP contribution in [0, 0.1) is 11.8 Å². The molecule has 3 amide bonds. The van der Waals surface area contributed by atoms with Gasteiger partial charge in [-0.3, -0.25) is 19.2 Å². The Bertz CT molecular complexity index is 2110. The Morgan fingerprint density at radius 1 is 1.05 bits per heavy atom. The standard InChI is InChI=1S/C44H50N6O8/c1-4-6-21-36(52)45-33(27-56-3)39(30-17-11-8-12-18-30)57-43(55)37-35-22-23-44(58-35)38(37)41(53)50(31(26-51)25-29-15-9-7-10-16-29)40(44)42(54)48(24-5-2)28-49-34-20-14-13-19-32(34)46-47-49/h4-5,7-20,31,33,35,37-40,51H,1-2,6,21-28H2,3H3,(H,45,52)/t31-,33+,35-,37+,38+,39+,40-,44+/m1/s1. The van der Waals surface area contributed by atoms with Crippen molar-refractivity contribution in [3.8, 4) is 0 Å². The molecule has 0 unspecified atom stereocenters. The van der Waals surface area contributed by atoms with Gasteiger partial charge in [-0.25, -0.2) is 4.68 Å². The van der Waals surface area contributed by atoms with Crippen LogP contribution in [-0.2, 0) is 46.5 Å². The summed E-state index contributed by atoms with van der Waals surface area (Å²) in [5.41, 5.74) is 1.46. The van der Waals surface area contributed by atoms with Crippen molar-refractivity contribution in [1.29, 1.82) is 0 Å². The van der Waals surface area contributed by atoms with Crippen LogP contribution in [0.1, 0.15) is 42.9 Å². The van der Waals surface area contributed by atoms with E-state index >= 15 is 9.59 Å². The number of rotatable bonds is 19. The molecule has 3 aliphatic heterocycles. The average molecular weight is 791 g/mol. The number of allylic oxidation sites excluding steroid dienone is 1. The van der Waals surface area contributed by atoms with E-state index in [0.717, 1.165) is 11.1 Å². The fourth-order valence-corrected chi connectivity index (χ4v) is 9.02. The Morgan fingerprint density at radius 3 is 2.48 bits per heavy atom.